The fourth-order valence-electron chi connectivity index (χ4n) is 1.89. The number of hydrogen-bond donors (Lipinski definition) is 1. The molecule has 3 heteroatoms. The van der Waals surface area contributed by atoms with Gasteiger partial charge in [0.25, 0.3) is 0 Å². The number of benzene rings is 1. The molecule has 2 rings (SSSR count). The Bertz CT molecular complexity index is 477. The van der Waals surface area contributed by atoms with Crippen molar-refractivity contribution >= 4 is 5.69 Å². The molecule has 0 saturated carbocycles. The lowest BCUT2D eigenvalue weighted by Crippen LogP contribution is -2.06. The first-order valence-electron chi connectivity index (χ1n) is 5.86. The maximum absolute atomic E-state index is 5.30. The van der Waals surface area contributed by atoms with Crippen LogP contribution in [0.25, 0.3) is 0 Å². The van der Waals surface area contributed by atoms with Crippen LogP contribution in [0.2, 0.25) is 0 Å². The van der Waals surface area contributed by atoms with Crippen LogP contribution in [0.5, 0.6) is 5.75 Å². The van der Waals surface area contributed by atoms with E-state index in [1.807, 2.05) is 24.3 Å². The number of nitrogens with one attached hydrogen (secondary N) is 1. The summed E-state index contributed by atoms with van der Waals surface area (Å²) in [5.41, 5.74) is 2.30. The van der Waals surface area contributed by atoms with Gasteiger partial charge in [-0.25, -0.2) is 0 Å². The third-order valence-corrected chi connectivity index (χ3v) is 2.83. The van der Waals surface area contributed by atoms with Crippen LogP contribution in [0.1, 0.15) is 12.6 Å². The Hall–Kier alpha value is -1.90. The highest BCUT2D eigenvalue weighted by molar-refractivity contribution is 5.56. The van der Waals surface area contributed by atoms with Gasteiger partial charge in [0.2, 0.25) is 0 Å². The summed E-state index contributed by atoms with van der Waals surface area (Å²) >= 11 is 0. The summed E-state index contributed by atoms with van der Waals surface area (Å²) in [4.78, 5) is 0. The minimum atomic E-state index is 0.807. The maximum atomic E-state index is 5.30. The summed E-state index contributed by atoms with van der Waals surface area (Å²) in [6, 6.07) is 12.2. The third-order valence-electron chi connectivity index (χ3n) is 2.83. The van der Waals surface area contributed by atoms with Gasteiger partial charge in [-0.3, -0.25) is 0 Å². The second-order valence-corrected chi connectivity index (χ2v) is 3.84. The third kappa shape index (κ3) is 2.61. The lowest BCUT2D eigenvalue weighted by molar-refractivity contribution is 0.416. The van der Waals surface area contributed by atoms with Crippen LogP contribution in [0, 0.1) is 0 Å². The minimum Gasteiger partial charge on any atom is -0.495 e. The first kappa shape index (κ1) is 11.6. The molecule has 0 aliphatic rings. The van der Waals surface area contributed by atoms with E-state index in [2.05, 4.69) is 35.1 Å². The number of nitrogens with zero attached hydrogens (tertiary/aromatic N) is 1. The Kier molecular flexibility index (Phi) is 3.70. The molecule has 17 heavy (non-hydrogen) atoms. The summed E-state index contributed by atoms with van der Waals surface area (Å²) in [5, 5.41) is 3.40. The van der Waals surface area contributed by atoms with E-state index < -0.39 is 0 Å². The Balaban J connectivity index is 2.07. The van der Waals surface area contributed by atoms with Crippen molar-refractivity contribution in [2.45, 2.75) is 20.0 Å². The summed E-state index contributed by atoms with van der Waals surface area (Å²) < 4.78 is 7.53. The number of hydrogen-bond acceptors (Lipinski definition) is 2. The predicted octanol–water partition coefficient (Wildman–Crippen LogP) is 3.13. The minimum absolute atomic E-state index is 0.807. The van der Waals surface area contributed by atoms with Crippen molar-refractivity contribution in [2.24, 2.45) is 0 Å². The standard InChI is InChI=1S/C14H18N2O/c1-3-16-10-6-7-12(16)11-15-13-8-4-5-9-14(13)17-2/h4-10,15H,3,11H2,1-2H3. The highest BCUT2D eigenvalue weighted by atomic mass is 16.5. The fraction of sp³-hybridized carbons (Fsp3) is 0.286. The van der Waals surface area contributed by atoms with Crippen LogP contribution in [-0.2, 0) is 13.1 Å². The fourth-order valence-corrected chi connectivity index (χ4v) is 1.89. The molecule has 1 aromatic carbocycles. The summed E-state index contributed by atoms with van der Waals surface area (Å²) in [6.45, 7) is 3.95. The average Bonchev–Trinajstić information content (AvgIpc) is 2.84. The van der Waals surface area contributed by atoms with Crippen molar-refractivity contribution < 1.29 is 4.74 Å². The Morgan fingerprint density at radius 1 is 1.18 bits per heavy atom. The molecule has 0 amide bonds. The summed E-state index contributed by atoms with van der Waals surface area (Å²) in [6.07, 6.45) is 2.10. The number of aromatic nitrogens is 1. The highest BCUT2D eigenvalue weighted by Crippen LogP contribution is 2.23. The number of ether oxygens (including phenoxy) is 1. The average molecular weight is 230 g/mol. The number of rotatable bonds is 5. The monoisotopic (exact) mass is 230 g/mol. The van der Waals surface area contributed by atoms with Crippen LogP contribution in [0.15, 0.2) is 42.6 Å². The number of aryl methyl sites for hydroxylation is 1. The molecular formula is C14H18N2O. The SMILES string of the molecule is CCn1cccc1CNc1ccccc1OC. The van der Waals surface area contributed by atoms with E-state index in [9.17, 15) is 0 Å². The molecule has 2 aromatic rings. The van der Waals surface area contributed by atoms with Gasteiger partial charge in [0.1, 0.15) is 5.75 Å². The van der Waals surface area contributed by atoms with Crippen molar-refractivity contribution in [3.63, 3.8) is 0 Å². The van der Waals surface area contributed by atoms with E-state index >= 15 is 0 Å². The van der Waals surface area contributed by atoms with Crippen molar-refractivity contribution in [3.8, 4) is 5.75 Å². The lowest BCUT2D eigenvalue weighted by Gasteiger charge is -2.12. The van der Waals surface area contributed by atoms with Crippen LogP contribution in [-0.4, -0.2) is 11.7 Å². The molecule has 3 nitrogen and oxygen atoms in total. The largest absolute Gasteiger partial charge is 0.495 e. The molecule has 0 radical (unpaired) electrons. The summed E-state index contributed by atoms with van der Waals surface area (Å²) in [7, 11) is 1.69. The molecule has 0 unspecified atom stereocenters. The quantitative estimate of drug-likeness (QED) is 0.854. The topological polar surface area (TPSA) is 26.2 Å². The van der Waals surface area contributed by atoms with Crippen LogP contribution < -0.4 is 10.1 Å². The van der Waals surface area contributed by atoms with Gasteiger partial charge in [0.15, 0.2) is 0 Å². The molecule has 90 valence electrons. The van der Waals surface area contributed by atoms with E-state index in [1.54, 1.807) is 7.11 Å². The molecule has 0 aliphatic heterocycles. The second-order valence-electron chi connectivity index (χ2n) is 3.84. The second kappa shape index (κ2) is 5.43. The molecule has 1 aromatic heterocycles. The van der Waals surface area contributed by atoms with Crippen molar-refractivity contribution in [1.82, 2.24) is 4.57 Å². The van der Waals surface area contributed by atoms with E-state index in [0.29, 0.717) is 0 Å². The Morgan fingerprint density at radius 3 is 2.76 bits per heavy atom. The van der Waals surface area contributed by atoms with Crippen molar-refractivity contribution in [1.29, 1.82) is 0 Å². The summed E-state index contributed by atoms with van der Waals surface area (Å²) in [5.74, 6) is 0.877. The highest BCUT2D eigenvalue weighted by Gasteiger charge is 2.02. The van der Waals surface area contributed by atoms with Gasteiger partial charge in [-0.1, -0.05) is 12.1 Å². The van der Waals surface area contributed by atoms with E-state index in [0.717, 1.165) is 24.5 Å². The molecule has 0 spiro atoms. The number of para-hydroxylation sites is 2. The van der Waals surface area contributed by atoms with Gasteiger partial charge < -0.3 is 14.6 Å². The number of anilines is 1. The molecule has 0 saturated heterocycles. The zero-order chi connectivity index (χ0) is 12.1. The van der Waals surface area contributed by atoms with Crippen LogP contribution in [0.4, 0.5) is 5.69 Å². The van der Waals surface area contributed by atoms with Crippen molar-refractivity contribution in [3.05, 3.63) is 48.3 Å². The normalized spacial score (nSPS) is 10.2. The van der Waals surface area contributed by atoms with Crippen molar-refractivity contribution in [2.75, 3.05) is 12.4 Å². The molecule has 0 aliphatic carbocycles. The molecule has 0 atom stereocenters. The first-order chi connectivity index (χ1) is 8.35. The zero-order valence-electron chi connectivity index (χ0n) is 10.3. The van der Waals surface area contributed by atoms with Gasteiger partial charge in [-0.2, -0.15) is 0 Å². The lowest BCUT2D eigenvalue weighted by atomic mass is 10.3. The van der Waals surface area contributed by atoms with E-state index in [-0.39, 0.29) is 0 Å². The predicted molar refractivity (Wildman–Crippen MR) is 70.4 cm³/mol. The van der Waals surface area contributed by atoms with Gasteiger partial charge in [-0.15, -0.1) is 0 Å². The molecule has 0 fully saturated rings. The Labute approximate surface area is 102 Å². The molecule has 0 bridgehead atoms. The first-order valence-corrected chi connectivity index (χ1v) is 5.86. The molecular weight excluding hydrogens is 212 g/mol. The van der Waals surface area contributed by atoms with Gasteiger partial charge >= 0.3 is 0 Å². The Morgan fingerprint density at radius 2 is 2.00 bits per heavy atom. The number of methoxy groups -OCH3 is 1. The van der Waals surface area contributed by atoms with Crippen LogP contribution in [0.3, 0.4) is 0 Å². The molecule has 1 heterocycles. The zero-order valence-corrected chi connectivity index (χ0v) is 10.3. The van der Waals surface area contributed by atoms with Gasteiger partial charge in [-0.05, 0) is 31.2 Å². The van der Waals surface area contributed by atoms with Gasteiger partial charge in [0.05, 0.1) is 19.3 Å². The smallest absolute Gasteiger partial charge is 0.141 e. The van der Waals surface area contributed by atoms with Gasteiger partial charge in [0, 0.05) is 18.4 Å². The van der Waals surface area contributed by atoms with E-state index in [4.69, 9.17) is 4.74 Å². The molecule has 1 N–H and O–H groups in total. The van der Waals surface area contributed by atoms with E-state index in [1.165, 1.54) is 5.69 Å². The maximum Gasteiger partial charge on any atom is 0.141 e. The van der Waals surface area contributed by atoms with Crippen LogP contribution >= 0.6 is 0 Å².